The van der Waals surface area contributed by atoms with Crippen LogP contribution in [0, 0.1) is 0 Å². The number of likely N-dealkylation sites (N-methyl/N-ethyl adjacent to an activating group) is 1. The predicted octanol–water partition coefficient (Wildman–Crippen LogP) is 3.34. The Morgan fingerprint density at radius 2 is 1.87 bits per heavy atom. The molecule has 0 bridgehead atoms. The van der Waals surface area contributed by atoms with Crippen molar-refractivity contribution in [3.05, 3.63) is 66.1 Å². The van der Waals surface area contributed by atoms with E-state index in [1.807, 2.05) is 61.5 Å². The first kappa shape index (κ1) is 21.9. The second kappa shape index (κ2) is 11.4. The van der Waals surface area contributed by atoms with Crippen LogP contribution in [-0.4, -0.2) is 60.5 Å². The number of rotatable bonds is 11. The van der Waals surface area contributed by atoms with Crippen molar-refractivity contribution in [1.29, 1.82) is 0 Å². The molecule has 0 saturated heterocycles. The zero-order chi connectivity index (χ0) is 21.2. The first-order chi connectivity index (χ1) is 14.6. The number of carbonyl (C=O) groups excluding carboxylic acids is 1. The van der Waals surface area contributed by atoms with Gasteiger partial charge in [-0.1, -0.05) is 18.2 Å². The summed E-state index contributed by atoms with van der Waals surface area (Å²) in [5.41, 5.74) is 1.39. The van der Waals surface area contributed by atoms with E-state index in [0.29, 0.717) is 36.2 Å². The molecule has 0 aliphatic heterocycles. The second-order valence-corrected chi connectivity index (χ2v) is 7.96. The number of hydrogen-bond acceptors (Lipinski definition) is 7. The first-order valence-corrected chi connectivity index (χ1v) is 10.9. The smallest absolute Gasteiger partial charge is 0.251 e. The summed E-state index contributed by atoms with van der Waals surface area (Å²) in [6, 6.07) is 16.9. The molecule has 158 valence electrons. The van der Waals surface area contributed by atoms with Crippen molar-refractivity contribution < 1.29 is 13.9 Å². The average molecular weight is 427 g/mol. The number of nitrogens with one attached hydrogen (secondary N) is 1. The van der Waals surface area contributed by atoms with Gasteiger partial charge in [-0.15, -0.1) is 22.0 Å². The molecule has 8 heteroatoms. The fraction of sp³-hybridized carbons (Fsp3) is 0.318. The van der Waals surface area contributed by atoms with E-state index in [1.165, 1.54) is 0 Å². The maximum Gasteiger partial charge on any atom is 0.251 e. The second-order valence-electron chi connectivity index (χ2n) is 6.85. The largest absolute Gasteiger partial charge is 0.493 e. The van der Waals surface area contributed by atoms with E-state index in [2.05, 4.69) is 15.5 Å². The number of ether oxygens (including phenoxy) is 1. The fourth-order valence-electron chi connectivity index (χ4n) is 2.58. The average Bonchev–Trinajstić information content (AvgIpc) is 3.23. The van der Waals surface area contributed by atoms with Crippen LogP contribution in [0.2, 0.25) is 0 Å². The van der Waals surface area contributed by atoms with E-state index >= 15 is 0 Å². The zero-order valence-corrected chi connectivity index (χ0v) is 18.0. The minimum atomic E-state index is -0.0938. The lowest BCUT2D eigenvalue weighted by molar-refractivity contribution is 0.0951. The molecule has 0 atom stereocenters. The summed E-state index contributed by atoms with van der Waals surface area (Å²) in [6.45, 7) is 2.02. The first-order valence-electron chi connectivity index (χ1n) is 9.73. The van der Waals surface area contributed by atoms with E-state index in [1.54, 1.807) is 23.9 Å². The summed E-state index contributed by atoms with van der Waals surface area (Å²) in [6.07, 6.45) is 0. The molecule has 0 saturated carbocycles. The van der Waals surface area contributed by atoms with Crippen molar-refractivity contribution >= 4 is 17.7 Å². The van der Waals surface area contributed by atoms with Crippen molar-refractivity contribution in [2.24, 2.45) is 0 Å². The van der Waals surface area contributed by atoms with Gasteiger partial charge in [0.15, 0.2) is 0 Å². The minimum Gasteiger partial charge on any atom is -0.493 e. The van der Waals surface area contributed by atoms with Crippen LogP contribution in [0.1, 0.15) is 16.2 Å². The van der Waals surface area contributed by atoms with E-state index in [9.17, 15) is 4.79 Å². The molecule has 1 amide bonds. The lowest BCUT2D eigenvalue weighted by Crippen LogP contribution is -2.31. The molecule has 0 radical (unpaired) electrons. The van der Waals surface area contributed by atoms with Gasteiger partial charge in [0.1, 0.15) is 5.75 Å². The Morgan fingerprint density at radius 1 is 1.10 bits per heavy atom. The third-order valence-electron chi connectivity index (χ3n) is 4.17. The topological polar surface area (TPSA) is 80.5 Å². The normalized spacial score (nSPS) is 10.9. The maximum absolute atomic E-state index is 12.1. The molecule has 1 aromatic heterocycles. The van der Waals surface area contributed by atoms with Crippen molar-refractivity contribution in [3.63, 3.8) is 0 Å². The highest BCUT2D eigenvalue weighted by Crippen LogP contribution is 2.20. The van der Waals surface area contributed by atoms with Crippen LogP contribution < -0.4 is 10.1 Å². The summed E-state index contributed by atoms with van der Waals surface area (Å²) in [7, 11) is 3.94. The molecule has 2 aromatic carbocycles. The van der Waals surface area contributed by atoms with Crippen LogP contribution in [0.15, 0.2) is 59.0 Å². The summed E-state index contributed by atoms with van der Waals surface area (Å²) >= 11 is 1.67. The van der Waals surface area contributed by atoms with Gasteiger partial charge in [-0.2, -0.15) is 0 Å². The Hall–Kier alpha value is -2.84. The van der Waals surface area contributed by atoms with Crippen molar-refractivity contribution in [1.82, 2.24) is 20.4 Å². The Labute approximate surface area is 180 Å². The summed E-state index contributed by atoms with van der Waals surface area (Å²) < 4.78 is 11.4. The van der Waals surface area contributed by atoms with Crippen LogP contribution in [-0.2, 0) is 5.75 Å². The van der Waals surface area contributed by atoms with Crippen LogP contribution in [0.4, 0.5) is 0 Å². The molecule has 0 aliphatic carbocycles. The molecule has 0 fully saturated rings. The van der Waals surface area contributed by atoms with Gasteiger partial charge in [0.05, 0.1) is 12.4 Å². The number of carbonyl (C=O) groups is 1. The summed E-state index contributed by atoms with van der Waals surface area (Å²) in [4.78, 5) is 14.2. The van der Waals surface area contributed by atoms with Gasteiger partial charge in [0.25, 0.3) is 5.91 Å². The number of hydrogen-bond donors (Lipinski definition) is 1. The van der Waals surface area contributed by atoms with Crippen molar-refractivity contribution in [3.8, 4) is 17.2 Å². The van der Waals surface area contributed by atoms with Crippen molar-refractivity contribution in [2.45, 2.75) is 5.75 Å². The predicted molar refractivity (Wildman–Crippen MR) is 119 cm³/mol. The summed E-state index contributed by atoms with van der Waals surface area (Å²) in [5.74, 6) is 3.24. The quantitative estimate of drug-likeness (QED) is 0.471. The number of thioether (sulfide) groups is 1. The Kier molecular flexibility index (Phi) is 8.29. The molecule has 1 N–H and O–H groups in total. The van der Waals surface area contributed by atoms with Crippen LogP contribution in [0.5, 0.6) is 5.75 Å². The molecule has 7 nitrogen and oxygen atoms in total. The SMILES string of the molecule is CN(C)CCNC(=O)c1ccc(-c2nnc(CSCCOc3ccccc3)o2)cc1. The van der Waals surface area contributed by atoms with E-state index in [0.717, 1.165) is 23.6 Å². The van der Waals surface area contributed by atoms with E-state index in [4.69, 9.17) is 9.15 Å². The van der Waals surface area contributed by atoms with Crippen LogP contribution in [0.25, 0.3) is 11.5 Å². The number of amides is 1. The third kappa shape index (κ3) is 6.89. The Balaban J connectivity index is 1.43. The fourth-order valence-corrected chi connectivity index (χ4v) is 3.22. The van der Waals surface area contributed by atoms with Crippen LogP contribution >= 0.6 is 11.8 Å². The highest BCUT2D eigenvalue weighted by atomic mass is 32.2. The highest BCUT2D eigenvalue weighted by molar-refractivity contribution is 7.98. The van der Waals surface area contributed by atoms with E-state index < -0.39 is 0 Å². The maximum atomic E-state index is 12.1. The zero-order valence-electron chi connectivity index (χ0n) is 17.2. The third-order valence-corrected chi connectivity index (χ3v) is 5.08. The molecular weight excluding hydrogens is 400 g/mol. The van der Waals surface area contributed by atoms with Gasteiger partial charge >= 0.3 is 0 Å². The van der Waals surface area contributed by atoms with Crippen LogP contribution in [0.3, 0.4) is 0 Å². The molecule has 3 aromatic rings. The lowest BCUT2D eigenvalue weighted by Gasteiger charge is -2.10. The Morgan fingerprint density at radius 3 is 2.60 bits per heavy atom. The van der Waals surface area contributed by atoms with Gasteiger partial charge < -0.3 is 19.4 Å². The summed E-state index contributed by atoms with van der Waals surface area (Å²) in [5, 5.41) is 11.1. The van der Waals surface area contributed by atoms with Gasteiger partial charge in [0, 0.05) is 30.0 Å². The highest BCUT2D eigenvalue weighted by Gasteiger charge is 2.11. The molecule has 0 unspecified atom stereocenters. The molecule has 0 spiro atoms. The van der Waals surface area contributed by atoms with Crippen molar-refractivity contribution in [2.75, 3.05) is 39.5 Å². The van der Waals surface area contributed by atoms with Gasteiger partial charge in [-0.05, 0) is 50.5 Å². The minimum absolute atomic E-state index is 0.0938. The van der Waals surface area contributed by atoms with Gasteiger partial charge in [-0.3, -0.25) is 4.79 Å². The monoisotopic (exact) mass is 426 g/mol. The standard InChI is InChI=1S/C22H26N4O3S/c1-26(2)13-12-23-21(27)17-8-10-18(11-9-17)22-25-24-20(29-22)16-30-15-14-28-19-6-4-3-5-7-19/h3-11H,12-16H2,1-2H3,(H,23,27). The lowest BCUT2D eigenvalue weighted by atomic mass is 10.1. The van der Waals surface area contributed by atoms with Gasteiger partial charge in [-0.25, -0.2) is 0 Å². The number of aromatic nitrogens is 2. The number of para-hydroxylation sites is 1. The molecular formula is C22H26N4O3S. The molecule has 0 aliphatic rings. The molecule has 1 heterocycles. The van der Waals surface area contributed by atoms with Gasteiger partial charge in [0.2, 0.25) is 11.8 Å². The molecule has 30 heavy (non-hydrogen) atoms. The Bertz CT molecular complexity index is 914. The number of nitrogens with zero attached hydrogens (tertiary/aromatic N) is 3. The molecule has 3 rings (SSSR count). The number of benzene rings is 2. The van der Waals surface area contributed by atoms with E-state index in [-0.39, 0.29) is 5.91 Å².